The molecule has 1 aliphatic heterocycles. The maximum atomic E-state index is 12.7. The summed E-state index contributed by atoms with van der Waals surface area (Å²) in [6.07, 6.45) is 3.27. The molecule has 2 aromatic rings. The Hall–Kier alpha value is -2.34. The Kier molecular flexibility index (Phi) is 4.85. The van der Waals surface area contributed by atoms with Crippen LogP contribution in [0.15, 0.2) is 36.5 Å². The molecular weight excluding hydrogens is 306 g/mol. The number of aliphatic hydroxyl groups is 1. The van der Waals surface area contributed by atoms with E-state index in [1.54, 1.807) is 35.9 Å². The molecule has 6 heteroatoms. The van der Waals surface area contributed by atoms with E-state index in [-0.39, 0.29) is 11.8 Å². The Morgan fingerprint density at radius 2 is 2.08 bits per heavy atom. The number of aliphatic hydroxyl groups excluding tert-OH is 1. The summed E-state index contributed by atoms with van der Waals surface area (Å²) >= 11 is 0. The average molecular weight is 329 g/mol. The minimum atomic E-state index is -0.391. The predicted octanol–water partition coefficient (Wildman–Crippen LogP) is 2.11. The van der Waals surface area contributed by atoms with Crippen molar-refractivity contribution in [2.75, 3.05) is 20.2 Å². The molecule has 24 heavy (non-hydrogen) atoms. The summed E-state index contributed by atoms with van der Waals surface area (Å²) in [6.45, 7) is 3.10. The van der Waals surface area contributed by atoms with E-state index in [0.29, 0.717) is 12.2 Å². The van der Waals surface area contributed by atoms with Crippen LogP contribution in [0, 0.1) is 5.92 Å². The number of benzene rings is 1. The highest BCUT2D eigenvalue weighted by Crippen LogP contribution is 2.21. The van der Waals surface area contributed by atoms with Crippen LogP contribution >= 0.6 is 0 Å². The molecule has 0 bridgehead atoms. The van der Waals surface area contributed by atoms with Crippen molar-refractivity contribution in [2.45, 2.75) is 25.9 Å². The van der Waals surface area contributed by atoms with Gasteiger partial charge in [0.1, 0.15) is 5.75 Å². The van der Waals surface area contributed by atoms with Crippen molar-refractivity contribution < 1.29 is 14.6 Å². The number of aromatic nitrogens is 2. The van der Waals surface area contributed by atoms with E-state index in [4.69, 9.17) is 4.74 Å². The fourth-order valence-electron chi connectivity index (χ4n) is 3.07. The first-order chi connectivity index (χ1) is 11.6. The van der Waals surface area contributed by atoms with Crippen molar-refractivity contribution in [3.05, 3.63) is 42.2 Å². The largest absolute Gasteiger partial charge is 0.497 e. The molecule has 1 aromatic carbocycles. The third kappa shape index (κ3) is 3.43. The third-order valence-corrected chi connectivity index (χ3v) is 4.57. The smallest absolute Gasteiger partial charge is 0.274 e. The van der Waals surface area contributed by atoms with Gasteiger partial charge in [-0.05, 0) is 50.1 Å². The Labute approximate surface area is 141 Å². The zero-order valence-electron chi connectivity index (χ0n) is 14.1. The minimum absolute atomic E-state index is 0.0763. The normalized spacial score (nSPS) is 19.1. The van der Waals surface area contributed by atoms with Crippen LogP contribution in [0.2, 0.25) is 0 Å². The Morgan fingerprint density at radius 3 is 2.75 bits per heavy atom. The molecule has 1 aliphatic rings. The van der Waals surface area contributed by atoms with Crippen molar-refractivity contribution in [3.63, 3.8) is 0 Å². The van der Waals surface area contributed by atoms with Crippen LogP contribution in [0.4, 0.5) is 0 Å². The highest BCUT2D eigenvalue weighted by Gasteiger charge is 2.28. The zero-order chi connectivity index (χ0) is 17.1. The molecule has 2 atom stereocenters. The van der Waals surface area contributed by atoms with Crippen LogP contribution in [0.25, 0.3) is 5.69 Å². The molecule has 1 fully saturated rings. The number of piperidine rings is 1. The molecule has 2 heterocycles. The van der Waals surface area contributed by atoms with E-state index in [2.05, 4.69) is 5.10 Å². The summed E-state index contributed by atoms with van der Waals surface area (Å²) in [5, 5.41) is 14.2. The lowest BCUT2D eigenvalue weighted by molar-refractivity contribution is 0.0461. The molecule has 0 saturated carbocycles. The van der Waals surface area contributed by atoms with Gasteiger partial charge in [-0.15, -0.1) is 0 Å². The first kappa shape index (κ1) is 16.5. The summed E-state index contributed by atoms with van der Waals surface area (Å²) in [5.74, 6) is 0.846. The number of amides is 1. The second-order valence-electron chi connectivity index (χ2n) is 6.24. The number of hydrogen-bond donors (Lipinski definition) is 1. The van der Waals surface area contributed by atoms with Crippen LogP contribution in [-0.4, -0.2) is 52.0 Å². The fourth-order valence-corrected chi connectivity index (χ4v) is 3.07. The van der Waals surface area contributed by atoms with E-state index >= 15 is 0 Å². The fraction of sp³-hybridized carbons (Fsp3) is 0.444. The highest BCUT2D eigenvalue weighted by molar-refractivity contribution is 5.92. The summed E-state index contributed by atoms with van der Waals surface area (Å²) in [4.78, 5) is 14.5. The molecular formula is C18H23N3O3. The number of carbonyl (C=O) groups excluding carboxylic acids is 1. The molecule has 1 N–H and O–H groups in total. The maximum Gasteiger partial charge on any atom is 0.274 e. The van der Waals surface area contributed by atoms with Gasteiger partial charge in [0.05, 0.1) is 18.9 Å². The van der Waals surface area contributed by atoms with Crippen LogP contribution in [0.5, 0.6) is 5.75 Å². The molecule has 1 saturated heterocycles. The van der Waals surface area contributed by atoms with Gasteiger partial charge in [-0.1, -0.05) is 0 Å². The first-order valence-electron chi connectivity index (χ1n) is 8.26. The Bertz CT molecular complexity index is 694. The van der Waals surface area contributed by atoms with Gasteiger partial charge in [0.15, 0.2) is 5.69 Å². The number of hydrogen-bond acceptors (Lipinski definition) is 4. The number of likely N-dealkylation sites (tertiary alicyclic amines) is 1. The van der Waals surface area contributed by atoms with E-state index in [1.807, 2.05) is 24.3 Å². The standard InChI is InChI=1S/C18H23N3O3/c1-13(22)14-4-3-10-20(12-14)18(23)17-9-11-21(19-17)15-5-7-16(24-2)8-6-15/h5-9,11,13-14,22H,3-4,10,12H2,1-2H3. The van der Waals surface area contributed by atoms with E-state index in [0.717, 1.165) is 30.8 Å². The molecule has 0 spiro atoms. The number of nitrogens with zero attached hydrogens (tertiary/aromatic N) is 3. The zero-order valence-corrected chi connectivity index (χ0v) is 14.1. The van der Waals surface area contributed by atoms with Gasteiger partial charge in [-0.3, -0.25) is 4.79 Å². The number of ether oxygens (including phenoxy) is 1. The van der Waals surface area contributed by atoms with Crippen LogP contribution in [-0.2, 0) is 0 Å². The van der Waals surface area contributed by atoms with Crippen LogP contribution in [0.1, 0.15) is 30.3 Å². The lowest BCUT2D eigenvalue weighted by Gasteiger charge is -2.33. The average Bonchev–Trinajstić information content (AvgIpc) is 3.11. The SMILES string of the molecule is COc1ccc(-n2ccc(C(=O)N3CCCC(C(C)O)C3)n2)cc1. The molecule has 128 valence electrons. The second kappa shape index (κ2) is 7.05. The van der Waals surface area contributed by atoms with Gasteiger partial charge >= 0.3 is 0 Å². The summed E-state index contributed by atoms with van der Waals surface area (Å²) in [5.41, 5.74) is 1.30. The summed E-state index contributed by atoms with van der Waals surface area (Å²) in [7, 11) is 1.62. The lowest BCUT2D eigenvalue weighted by Crippen LogP contribution is -2.43. The van der Waals surface area contributed by atoms with Gasteiger partial charge in [0.2, 0.25) is 0 Å². The van der Waals surface area contributed by atoms with Crippen LogP contribution < -0.4 is 4.74 Å². The molecule has 3 rings (SSSR count). The topological polar surface area (TPSA) is 67.6 Å². The monoisotopic (exact) mass is 329 g/mol. The molecule has 1 amide bonds. The number of methoxy groups -OCH3 is 1. The van der Waals surface area contributed by atoms with Gasteiger partial charge in [-0.2, -0.15) is 5.10 Å². The van der Waals surface area contributed by atoms with Gasteiger partial charge < -0.3 is 14.7 Å². The number of carbonyl (C=O) groups is 1. The van der Waals surface area contributed by atoms with Gasteiger partial charge in [0, 0.05) is 25.2 Å². The molecule has 2 unspecified atom stereocenters. The van der Waals surface area contributed by atoms with Crippen molar-refractivity contribution in [1.82, 2.24) is 14.7 Å². The van der Waals surface area contributed by atoms with Gasteiger partial charge in [0.25, 0.3) is 5.91 Å². The molecule has 0 aliphatic carbocycles. The molecule has 6 nitrogen and oxygen atoms in total. The minimum Gasteiger partial charge on any atom is -0.497 e. The van der Waals surface area contributed by atoms with Crippen molar-refractivity contribution >= 4 is 5.91 Å². The second-order valence-corrected chi connectivity index (χ2v) is 6.24. The highest BCUT2D eigenvalue weighted by atomic mass is 16.5. The van der Waals surface area contributed by atoms with E-state index in [9.17, 15) is 9.90 Å². The number of rotatable bonds is 4. The van der Waals surface area contributed by atoms with Crippen molar-refractivity contribution in [1.29, 1.82) is 0 Å². The van der Waals surface area contributed by atoms with Crippen LogP contribution in [0.3, 0.4) is 0 Å². The predicted molar refractivity (Wildman–Crippen MR) is 90.4 cm³/mol. The quantitative estimate of drug-likeness (QED) is 0.933. The summed E-state index contributed by atoms with van der Waals surface area (Å²) in [6, 6.07) is 9.24. The van der Waals surface area contributed by atoms with Crippen molar-refractivity contribution in [3.8, 4) is 11.4 Å². The van der Waals surface area contributed by atoms with Crippen molar-refractivity contribution in [2.24, 2.45) is 5.92 Å². The Morgan fingerprint density at radius 1 is 1.33 bits per heavy atom. The molecule has 0 radical (unpaired) electrons. The summed E-state index contributed by atoms with van der Waals surface area (Å²) < 4.78 is 6.83. The Balaban J connectivity index is 1.73. The third-order valence-electron chi connectivity index (χ3n) is 4.57. The van der Waals surface area contributed by atoms with E-state index < -0.39 is 6.10 Å². The van der Waals surface area contributed by atoms with E-state index in [1.165, 1.54) is 0 Å². The van der Waals surface area contributed by atoms with Gasteiger partial charge in [-0.25, -0.2) is 4.68 Å². The first-order valence-corrected chi connectivity index (χ1v) is 8.26. The lowest BCUT2D eigenvalue weighted by atomic mass is 9.93. The molecule has 1 aromatic heterocycles. The maximum absolute atomic E-state index is 12.7.